The van der Waals surface area contributed by atoms with Crippen molar-refractivity contribution in [1.82, 2.24) is 9.55 Å². The summed E-state index contributed by atoms with van der Waals surface area (Å²) in [6, 6.07) is 11.3. The van der Waals surface area contributed by atoms with E-state index in [0.29, 0.717) is 12.2 Å². The number of nitrogens with zero attached hydrogens (tertiary/aromatic N) is 2. The number of aliphatic hydroxyl groups is 1. The Morgan fingerprint density at radius 1 is 1.29 bits per heavy atom. The van der Waals surface area contributed by atoms with E-state index in [4.69, 9.17) is 16.0 Å². The van der Waals surface area contributed by atoms with Gasteiger partial charge in [-0.2, -0.15) is 0 Å². The molecule has 0 fully saturated rings. The topological polar surface area (TPSA) is 51.2 Å². The molecule has 0 radical (unpaired) electrons. The first-order chi connectivity index (χ1) is 10.2. The second kappa shape index (κ2) is 5.92. The van der Waals surface area contributed by atoms with Crippen molar-refractivity contribution < 1.29 is 9.52 Å². The molecule has 0 aliphatic carbocycles. The molecule has 1 unspecified atom stereocenters. The Labute approximate surface area is 128 Å². The number of fused-ring (bicyclic) bond motifs is 1. The van der Waals surface area contributed by atoms with Crippen LogP contribution in [-0.4, -0.2) is 14.7 Å². The summed E-state index contributed by atoms with van der Waals surface area (Å²) in [5.41, 5.74) is 2.05. The van der Waals surface area contributed by atoms with Gasteiger partial charge in [0.2, 0.25) is 0 Å². The smallest absolute Gasteiger partial charge is 0.193 e. The van der Waals surface area contributed by atoms with Crippen molar-refractivity contribution in [2.75, 3.05) is 0 Å². The average molecular weight is 305 g/mol. The van der Waals surface area contributed by atoms with Gasteiger partial charge in [0, 0.05) is 13.0 Å². The van der Waals surface area contributed by atoms with Crippen LogP contribution in [-0.2, 0) is 13.0 Å². The summed E-state index contributed by atoms with van der Waals surface area (Å²) >= 11 is 5.75. The summed E-state index contributed by atoms with van der Waals surface area (Å²) in [6.07, 6.45) is 0.666. The van der Waals surface area contributed by atoms with Crippen molar-refractivity contribution >= 4 is 22.6 Å². The average Bonchev–Trinajstić information content (AvgIpc) is 3.04. The molecule has 0 saturated carbocycles. The van der Waals surface area contributed by atoms with Gasteiger partial charge in [-0.25, -0.2) is 4.98 Å². The van der Waals surface area contributed by atoms with Crippen molar-refractivity contribution in [2.45, 2.75) is 32.4 Å². The zero-order valence-electron chi connectivity index (χ0n) is 11.8. The molecule has 2 heterocycles. The number of para-hydroxylation sites is 2. The number of aliphatic hydroxyl groups excluding tert-OH is 1. The van der Waals surface area contributed by atoms with E-state index in [1.165, 1.54) is 0 Å². The molecule has 0 amide bonds. The van der Waals surface area contributed by atoms with Gasteiger partial charge in [-0.05, 0) is 42.3 Å². The summed E-state index contributed by atoms with van der Waals surface area (Å²) < 4.78 is 7.43. The molecule has 3 rings (SSSR count). The summed E-state index contributed by atoms with van der Waals surface area (Å²) in [5.74, 6) is 1.33. The number of hydrogen-bond acceptors (Lipinski definition) is 3. The van der Waals surface area contributed by atoms with Crippen LogP contribution < -0.4 is 0 Å². The lowest BCUT2D eigenvalue weighted by Gasteiger charge is -2.10. The fourth-order valence-electron chi connectivity index (χ4n) is 2.54. The minimum Gasteiger partial charge on any atom is -0.447 e. The summed E-state index contributed by atoms with van der Waals surface area (Å²) in [4.78, 5) is 4.63. The number of hydrogen-bond donors (Lipinski definition) is 1. The highest BCUT2D eigenvalue weighted by molar-refractivity contribution is 6.28. The van der Waals surface area contributed by atoms with Gasteiger partial charge in [0.15, 0.2) is 5.22 Å². The lowest BCUT2D eigenvalue weighted by atomic mass is 10.2. The molecule has 21 heavy (non-hydrogen) atoms. The first kappa shape index (κ1) is 14.2. The molecule has 0 bridgehead atoms. The van der Waals surface area contributed by atoms with Gasteiger partial charge in [-0.3, -0.25) is 0 Å². The molecule has 4 nitrogen and oxygen atoms in total. The van der Waals surface area contributed by atoms with Gasteiger partial charge in [-0.15, -0.1) is 0 Å². The van der Waals surface area contributed by atoms with Crippen LogP contribution >= 0.6 is 11.6 Å². The Hall–Kier alpha value is -1.78. The molecule has 1 atom stereocenters. The molecule has 0 aliphatic heterocycles. The van der Waals surface area contributed by atoms with Gasteiger partial charge in [0.1, 0.15) is 17.7 Å². The van der Waals surface area contributed by atoms with Crippen LogP contribution in [0.25, 0.3) is 11.0 Å². The van der Waals surface area contributed by atoms with Gasteiger partial charge in [0.25, 0.3) is 0 Å². The van der Waals surface area contributed by atoms with Crippen molar-refractivity contribution in [3.8, 4) is 0 Å². The zero-order valence-corrected chi connectivity index (χ0v) is 12.5. The zero-order chi connectivity index (χ0) is 14.8. The molecule has 3 aromatic rings. The van der Waals surface area contributed by atoms with Gasteiger partial charge >= 0.3 is 0 Å². The quantitative estimate of drug-likeness (QED) is 0.776. The maximum absolute atomic E-state index is 10.3. The Balaban J connectivity index is 1.94. The third kappa shape index (κ3) is 2.82. The molecule has 1 aromatic carbocycles. The van der Waals surface area contributed by atoms with Crippen LogP contribution in [0.15, 0.2) is 40.8 Å². The van der Waals surface area contributed by atoms with Crippen molar-refractivity contribution in [3.05, 3.63) is 53.2 Å². The van der Waals surface area contributed by atoms with Crippen LogP contribution in [0.4, 0.5) is 0 Å². The van der Waals surface area contributed by atoms with Crippen LogP contribution in [0.3, 0.4) is 0 Å². The first-order valence-corrected chi connectivity index (χ1v) is 7.44. The minimum atomic E-state index is -0.745. The van der Waals surface area contributed by atoms with Gasteiger partial charge < -0.3 is 14.1 Å². The monoisotopic (exact) mass is 304 g/mol. The highest BCUT2D eigenvalue weighted by Crippen LogP contribution is 2.25. The summed E-state index contributed by atoms with van der Waals surface area (Å²) in [5, 5.41) is 10.6. The van der Waals surface area contributed by atoms with E-state index in [1.807, 2.05) is 18.2 Å². The third-order valence-corrected chi connectivity index (χ3v) is 3.68. The molecule has 5 heteroatoms. The van der Waals surface area contributed by atoms with E-state index in [1.54, 1.807) is 12.1 Å². The molecule has 110 valence electrons. The maximum Gasteiger partial charge on any atom is 0.193 e. The number of aromatic nitrogens is 2. The van der Waals surface area contributed by atoms with E-state index in [-0.39, 0.29) is 5.22 Å². The fourth-order valence-corrected chi connectivity index (χ4v) is 2.69. The van der Waals surface area contributed by atoms with Crippen LogP contribution in [0.1, 0.15) is 31.0 Å². The largest absolute Gasteiger partial charge is 0.447 e. The number of aryl methyl sites for hydroxylation is 1. The molecule has 0 spiro atoms. The Kier molecular flexibility index (Phi) is 3.99. The van der Waals surface area contributed by atoms with Crippen molar-refractivity contribution in [1.29, 1.82) is 0 Å². The fraction of sp³-hybridized carbons (Fsp3) is 0.312. The molecule has 0 saturated heterocycles. The number of imidazole rings is 1. The maximum atomic E-state index is 10.3. The summed E-state index contributed by atoms with van der Waals surface area (Å²) in [6.45, 7) is 3.00. The minimum absolute atomic E-state index is 0.283. The lowest BCUT2D eigenvalue weighted by Crippen LogP contribution is -2.08. The molecule has 2 aromatic heterocycles. The second-order valence-corrected chi connectivity index (χ2v) is 5.40. The lowest BCUT2D eigenvalue weighted by molar-refractivity contribution is 0.147. The predicted octanol–water partition coefficient (Wildman–Crippen LogP) is 3.97. The van der Waals surface area contributed by atoms with Crippen molar-refractivity contribution in [2.24, 2.45) is 0 Å². The molecular weight excluding hydrogens is 288 g/mol. The standard InChI is InChI=1S/C16H17ClN2O2/c1-2-9-19-12-6-4-3-5-11(12)18-16(19)10-13(20)14-7-8-15(17)21-14/h3-8,13,20H,2,9-10H2,1H3. The van der Waals surface area contributed by atoms with Gasteiger partial charge in [-0.1, -0.05) is 19.1 Å². The Morgan fingerprint density at radius 3 is 2.81 bits per heavy atom. The van der Waals surface area contributed by atoms with Gasteiger partial charge in [0.05, 0.1) is 11.0 Å². The first-order valence-electron chi connectivity index (χ1n) is 7.06. The Morgan fingerprint density at radius 2 is 2.10 bits per heavy atom. The molecular formula is C16H17ClN2O2. The van der Waals surface area contributed by atoms with E-state index in [0.717, 1.165) is 29.8 Å². The predicted molar refractivity (Wildman–Crippen MR) is 82.4 cm³/mol. The second-order valence-electron chi connectivity index (χ2n) is 5.03. The summed E-state index contributed by atoms with van der Waals surface area (Å²) in [7, 11) is 0. The number of halogens is 1. The van der Waals surface area contributed by atoms with Crippen LogP contribution in [0, 0.1) is 0 Å². The van der Waals surface area contributed by atoms with Crippen molar-refractivity contribution in [3.63, 3.8) is 0 Å². The van der Waals surface area contributed by atoms with Crippen LogP contribution in [0.2, 0.25) is 5.22 Å². The molecule has 0 aliphatic rings. The highest BCUT2D eigenvalue weighted by Gasteiger charge is 2.18. The van der Waals surface area contributed by atoms with Crippen LogP contribution in [0.5, 0.6) is 0 Å². The number of furan rings is 1. The molecule has 1 N–H and O–H groups in total. The van der Waals surface area contributed by atoms with E-state index in [9.17, 15) is 5.11 Å². The Bertz CT molecular complexity index is 748. The highest BCUT2D eigenvalue weighted by atomic mass is 35.5. The number of benzene rings is 1. The normalized spacial score (nSPS) is 12.9. The van der Waals surface area contributed by atoms with E-state index < -0.39 is 6.10 Å². The SMILES string of the molecule is CCCn1c(CC(O)c2ccc(Cl)o2)nc2ccccc21. The number of rotatable bonds is 5. The third-order valence-electron chi connectivity index (χ3n) is 3.48. The van der Waals surface area contributed by atoms with E-state index >= 15 is 0 Å². The van der Waals surface area contributed by atoms with E-state index in [2.05, 4.69) is 22.5 Å².